The molecule has 1 aromatic heterocycles. The molecule has 0 radical (unpaired) electrons. The van der Waals surface area contributed by atoms with Crippen molar-refractivity contribution in [1.82, 2.24) is 19.4 Å². The molecule has 4 heterocycles. The molecule has 3 atom stereocenters. The van der Waals surface area contributed by atoms with Crippen LogP contribution in [-0.4, -0.2) is 57.0 Å². The van der Waals surface area contributed by atoms with Crippen LogP contribution in [0.4, 0.5) is 8.78 Å². The summed E-state index contributed by atoms with van der Waals surface area (Å²) in [5, 5.41) is 0. The Morgan fingerprint density at radius 2 is 1.60 bits per heavy atom. The zero-order chi connectivity index (χ0) is 28.8. The summed E-state index contributed by atoms with van der Waals surface area (Å²) in [6.07, 6.45) is 7.50. The number of hydrogen-bond donors (Lipinski definition) is 0. The van der Waals surface area contributed by atoms with Crippen molar-refractivity contribution in [3.05, 3.63) is 101 Å². The zero-order valence-electron chi connectivity index (χ0n) is 24.2. The number of piperidine rings is 2. The Labute approximate surface area is 246 Å². The molecule has 218 valence electrons. The zero-order valence-corrected chi connectivity index (χ0v) is 24.2. The smallest absolute Gasteiger partial charge is 0.256 e. The number of para-hydroxylation sites is 2. The van der Waals surface area contributed by atoms with Gasteiger partial charge in [-0.05, 0) is 93.7 Å². The predicted molar refractivity (Wildman–Crippen MR) is 160 cm³/mol. The van der Waals surface area contributed by atoms with Crippen molar-refractivity contribution in [1.29, 1.82) is 0 Å². The van der Waals surface area contributed by atoms with Crippen LogP contribution in [0, 0.1) is 18.6 Å². The van der Waals surface area contributed by atoms with Crippen LogP contribution in [0.25, 0.3) is 11.0 Å². The largest absolute Gasteiger partial charge is 0.338 e. The maximum Gasteiger partial charge on any atom is 0.256 e. The van der Waals surface area contributed by atoms with Crippen LogP contribution in [0.5, 0.6) is 0 Å². The summed E-state index contributed by atoms with van der Waals surface area (Å²) in [5.41, 5.74) is 3.57. The molecule has 4 aromatic rings. The summed E-state index contributed by atoms with van der Waals surface area (Å²) in [4.78, 5) is 22.5. The van der Waals surface area contributed by atoms with Crippen molar-refractivity contribution < 1.29 is 13.6 Å². The van der Waals surface area contributed by atoms with E-state index in [0.717, 1.165) is 62.1 Å². The highest BCUT2D eigenvalue weighted by atomic mass is 19.1. The number of carbonyl (C=O) groups is 1. The quantitative estimate of drug-likeness (QED) is 0.250. The topological polar surface area (TPSA) is 41.4 Å². The molecule has 1 unspecified atom stereocenters. The van der Waals surface area contributed by atoms with Gasteiger partial charge in [-0.25, -0.2) is 13.8 Å². The fraction of sp³-hybridized carbons (Fsp3) is 0.429. The van der Waals surface area contributed by atoms with Gasteiger partial charge >= 0.3 is 0 Å². The molecule has 3 saturated heterocycles. The molecule has 1 amide bonds. The Bertz CT molecular complexity index is 1580. The van der Waals surface area contributed by atoms with Gasteiger partial charge in [-0.15, -0.1) is 0 Å². The second kappa shape index (κ2) is 10.9. The Morgan fingerprint density at radius 3 is 2.31 bits per heavy atom. The molecule has 0 N–H and O–H groups in total. The third-order valence-electron chi connectivity index (χ3n) is 10.4. The first-order valence-corrected chi connectivity index (χ1v) is 15.4. The van der Waals surface area contributed by atoms with Crippen molar-refractivity contribution in [3.63, 3.8) is 0 Å². The number of halogens is 2. The van der Waals surface area contributed by atoms with E-state index in [4.69, 9.17) is 4.98 Å². The van der Waals surface area contributed by atoms with Crippen LogP contribution in [-0.2, 0) is 5.41 Å². The van der Waals surface area contributed by atoms with Gasteiger partial charge in [0.15, 0.2) is 0 Å². The number of benzene rings is 3. The molecule has 0 spiro atoms. The number of amides is 1. The molecule has 7 heteroatoms. The standard InChI is InChI=1S/C35H38F2N4O/c1-24-38-32-9-5-6-10-33(32)41(24)29-22-27-12-13-28(23-29)40(27)20-17-35(25-7-3-2-4-8-25)15-18-39(19-16-35)34(42)30-14-11-26(36)21-31(30)37/h2-11,14,21,27-29H,12-13,15-20,22-23H2,1H3/t27-,28+,29?. The Kier molecular flexibility index (Phi) is 7.09. The lowest BCUT2D eigenvalue weighted by Gasteiger charge is -2.45. The lowest BCUT2D eigenvalue weighted by atomic mass is 9.70. The maximum atomic E-state index is 14.4. The fourth-order valence-electron chi connectivity index (χ4n) is 8.24. The van der Waals surface area contributed by atoms with Gasteiger partial charge in [0.05, 0.1) is 16.6 Å². The number of likely N-dealkylation sites (tertiary alicyclic amines) is 1. The van der Waals surface area contributed by atoms with E-state index in [9.17, 15) is 13.6 Å². The van der Waals surface area contributed by atoms with Crippen molar-refractivity contribution in [3.8, 4) is 0 Å². The summed E-state index contributed by atoms with van der Waals surface area (Å²) >= 11 is 0. The highest BCUT2D eigenvalue weighted by molar-refractivity contribution is 5.94. The Morgan fingerprint density at radius 1 is 0.905 bits per heavy atom. The van der Waals surface area contributed by atoms with Gasteiger partial charge in [0, 0.05) is 37.3 Å². The van der Waals surface area contributed by atoms with Crippen LogP contribution in [0.1, 0.15) is 72.7 Å². The van der Waals surface area contributed by atoms with Gasteiger partial charge in [-0.3, -0.25) is 9.69 Å². The molecule has 3 aliphatic rings. The van der Waals surface area contributed by atoms with E-state index in [0.29, 0.717) is 31.2 Å². The molecule has 2 bridgehead atoms. The van der Waals surface area contributed by atoms with E-state index < -0.39 is 11.6 Å². The van der Waals surface area contributed by atoms with Crippen molar-refractivity contribution in [2.24, 2.45) is 0 Å². The monoisotopic (exact) mass is 568 g/mol. The third-order valence-corrected chi connectivity index (χ3v) is 10.4. The van der Waals surface area contributed by atoms with Crippen LogP contribution in [0.15, 0.2) is 72.8 Å². The summed E-state index contributed by atoms with van der Waals surface area (Å²) in [7, 11) is 0. The fourth-order valence-corrected chi connectivity index (χ4v) is 8.24. The predicted octanol–water partition coefficient (Wildman–Crippen LogP) is 7.06. The molecule has 0 saturated carbocycles. The van der Waals surface area contributed by atoms with Crippen LogP contribution in [0.2, 0.25) is 0 Å². The third kappa shape index (κ3) is 4.81. The molecule has 5 nitrogen and oxygen atoms in total. The molecule has 42 heavy (non-hydrogen) atoms. The second-order valence-corrected chi connectivity index (χ2v) is 12.6. The molecule has 3 aliphatic heterocycles. The molecule has 0 aliphatic carbocycles. The van der Waals surface area contributed by atoms with Crippen molar-refractivity contribution in [2.45, 2.75) is 75.4 Å². The molecular formula is C35H38F2N4O. The SMILES string of the molecule is Cc1nc2ccccc2n1C1C[C@H]2CC[C@@H](C1)N2CCC1(c2ccccc2)CCN(C(=O)c2ccc(F)cc2F)CC1. The Balaban J connectivity index is 1.06. The van der Waals surface area contributed by atoms with Crippen molar-refractivity contribution >= 4 is 16.9 Å². The summed E-state index contributed by atoms with van der Waals surface area (Å²) < 4.78 is 30.3. The number of carbonyl (C=O) groups excluding carboxylic acids is 1. The number of aromatic nitrogens is 2. The molecule has 7 rings (SSSR count). The van der Waals surface area contributed by atoms with E-state index in [1.54, 1.807) is 4.90 Å². The van der Waals surface area contributed by atoms with E-state index in [2.05, 4.69) is 71.0 Å². The van der Waals surface area contributed by atoms with E-state index in [-0.39, 0.29) is 16.9 Å². The maximum absolute atomic E-state index is 14.4. The normalized spacial score (nSPS) is 23.9. The summed E-state index contributed by atoms with van der Waals surface area (Å²) in [6.45, 7) is 4.31. The van der Waals surface area contributed by atoms with Crippen LogP contribution in [0.3, 0.4) is 0 Å². The molecule has 3 aromatic carbocycles. The average molecular weight is 569 g/mol. The number of imidazole rings is 1. The summed E-state index contributed by atoms with van der Waals surface area (Å²) in [5.74, 6) is -0.703. The van der Waals surface area contributed by atoms with E-state index in [1.807, 2.05) is 0 Å². The first-order chi connectivity index (χ1) is 20.4. The van der Waals surface area contributed by atoms with Gasteiger partial charge in [-0.1, -0.05) is 42.5 Å². The van der Waals surface area contributed by atoms with Gasteiger partial charge in [0.25, 0.3) is 5.91 Å². The number of fused-ring (bicyclic) bond motifs is 3. The van der Waals surface area contributed by atoms with E-state index in [1.165, 1.54) is 30.0 Å². The second-order valence-electron chi connectivity index (χ2n) is 12.6. The van der Waals surface area contributed by atoms with Crippen LogP contribution < -0.4 is 0 Å². The first-order valence-electron chi connectivity index (χ1n) is 15.4. The van der Waals surface area contributed by atoms with E-state index >= 15 is 0 Å². The van der Waals surface area contributed by atoms with Gasteiger partial charge in [0.2, 0.25) is 0 Å². The highest BCUT2D eigenvalue weighted by Crippen LogP contribution is 2.45. The minimum Gasteiger partial charge on any atom is -0.338 e. The van der Waals surface area contributed by atoms with Gasteiger partial charge in [0.1, 0.15) is 17.5 Å². The summed E-state index contributed by atoms with van der Waals surface area (Å²) in [6, 6.07) is 24.1. The number of hydrogen-bond acceptors (Lipinski definition) is 3. The van der Waals surface area contributed by atoms with Crippen LogP contribution >= 0.6 is 0 Å². The number of rotatable bonds is 6. The van der Waals surface area contributed by atoms with Crippen molar-refractivity contribution in [2.75, 3.05) is 19.6 Å². The minimum absolute atomic E-state index is 0.0349. The Hall–Kier alpha value is -3.58. The molecule has 3 fully saturated rings. The van der Waals surface area contributed by atoms with Gasteiger partial charge in [-0.2, -0.15) is 0 Å². The lowest BCUT2D eigenvalue weighted by Crippen LogP contribution is -2.49. The van der Waals surface area contributed by atoms with Gasteiger partial charge < -0.3 is 9.47 Å². The minimum atomic E-state index is -0.794. The molecular weight excluding hydrogens is 530 g/mol. The first kappa shape index (κ1) is 27.3. The average Bonchev–Trinajstić information content (AvgIpc) is 3.46. The number of nitrogens with zero attached hydrogens (tertiary/aromatic N) is 4. The lowest BCUT2D eigenvalue weighted by molar-refractivity contribution is 0.0603. The number of aryl methyl sites for hydroxylation is 1. The highest BCUT2D eigenvalue weighted by Gasteiger charge is 2.44.